The van der Waals surface area contributed by atoms with E-state index in [2.05, 4.69) is 17.2 Å². The fourth-order valence-corrected chi connectivity index (χ4v) is 10.6. The number of amides is 3. The fraction of sp³-hybridized carbons (Fsp3) is 0.321. The van der Waals surface area contributed by atoms with Crippen LogP contribution in [0.5, 0.6) is 5.75 Å². The van der Waals surface area contributed by atoms with Gasteiger partial charge < -0.3 is 30.1 Å². The maximum Gasteiger partial charge on any atom is 0.329 e. The molecule has 3 fully saturated rings. The molecule has 12 heteroatoms. The Kier molecular flexibility index (Phi) is 12.0. The number of ether oxygens (including phenoxy) is 2. The molecular formula is C53H51N3O9. The van der Waals surface area contributed by atoms with Gasteiger partial charge in [0.05, 0.1) is 30.4 Å². The van der Waals surface area contributed by atoms with Crippen molar-refractivity contribution in [2.24, 2.45) is 5.92 Å². The van der Waals surface area contributed by atoms with Crippen LogP contribution in [0.25, 0.3) is 0 Å². The second-order valence-corrected chi connectivity index (χ2v) is 17.4. The summed E-state index contributed by atoms with van der Waals surface area (Å²) in [7, 11) is 0. The number of carboxylic acids is 1. The van der Waals surface area contributed by atoms with E-state index in [4.69, 9.17) is 9.47 Å². The number of carbonyl (C=O) groups is 4. The van der Waals surface area contributed by atoms with E-state index in [0.717, 1.165) is 36.1 Å². The van der Waals surface area contributed by atoms with Gasteiger partial charge in [-0.2, -0.15) is 0 Å². The summed E-state index contributed by atoms with van der Waals surface area (Å²) in [6.07, 6.45) is 3.64. The Bertz CT molecular complexity index is 2640. The summed E-state index contributed by atoms with van der Waals surface area (Å²) in [6, 6.07) is 34.4. The number of nitrogens with zero attached hydrogens (tertiary/aromatic N) is 2. The van der Waals surface area contributed by atoms with Crippen LogP contribution >= 0.6 is 0 Å². The van der Waals surface area contributed by atoms with Crippen molar-refractivity contribution < 1.29 is 44.0 Å². The highest BCUT2D eigenvalue weighted by Crippen LogP contribution is 2.66. The van der Waals surface area contributed by atoms with Crippen LogP contribution < -0.4 is 15.0 Å². The normalized spacial score (nSPS) is 25.0. The first kappa shape index (κ1) is 43.5. The largest absolute Gasteiger partial charge is 0.491 e. The third kappa shape index (κ3) is 7.73. The number of hydrogen-bond acceptors (Lipinski definition) is 9. The molecule has 1 saturated carbocycles. The van der Waals surface area contributed by atoms with E-state index in [1.54, 1.807) is 54.3 Å². The molecule has 2 saturated heterocycles. The number of carboxylic acid groups (broad SMARTS) is 1. The third-order valence-corrected chi connectivity index (χ3v) is 13.5. The lowest BCUT2D eigenvalue weighted by Gasteiger charge is -2.46. The number of para-hydroxylation sites is 1. The fourth-order valence-electron chi connectivity index (χ4n) is 10.6. The number of urea groups is 1. The lowest BCUT2D eigenvalue weighted by molar-refractivity contribution is -0.179. The van der Waals surface area contributed by atoms with Gasteiger partial charge in [-0.3, -0.25) is 19.3 Å². The number of anilines is 1. The van der Waals surface area contributed by atoms with Crippen molar-refractivity contribution in [1.82, 2.24) is 10.2 Å². The van der Waals surface area contributed by atoms with Crippen molar-refractivity contribution in [3.8, 4) is 17.6 Å². The number of hydrogen-bond donors (Lipinski definition) is 4. The lowest BCUT2D eigenvalue weighted by atomic mass is 9.65. The predicted octanol–water partition coefficient (Wildman–Crippen LogP) is 7.72. The Morgan fingerprint density at radius 3 is 2.12 bits per heavy atom. The molecule has 65 heavy (non-hydrogen) atoms. The van der Waals surface area contributed by atoms with Crippen molar-refractivity contribution in [1.29, 1.82) is 0 Å². The third-order valence-electron chi connectivity index (χ3n) is 13.5. The molecule has 5 aromatic rings. The average Bonchev–Trinajstić information content (AvgIpc) is 3.66. The number of imide groups is 1. The van der Waals surface area contributed by atoms with Crippen LogP contribution in [-0.2, 0) is 24.5 Å². The molecule has 0 bridgehead atoms. The van der Waals surface area contributed by atoms with Gasteiger partial charge in [-0.15, -0.1) is 0 Å². The molecule has 4 aliphatic rings. The molecule has 1 spiro atoms. The Hall–Kier alpha value is -6.78. The van der Waals surface area contributed by atoms with Crippen LogP contribution in [0.4, 0.5) is 10.5 Å². The Balaban J connectivity index is 1.33. The monoisotopic (exact) mass is 873 g/mol. The van der Waals surface area contributed by atoms with E-state index < -0.39 is 71.1 Å². The van der Waals surface area contributed by atoms with E-state index >= 15 is 9.59 Å². The number of aliphatic carboxylic acids is 1. The van der Waals surface area contributed by atoms with Gasteiger partial charge in [-0.1, -0.05) is 134 Å². The average molecular weight is 874 g/mol. The number of aliphatic hydroxyl groups is 2. The van der Waals surface area contributed by atoms with Gasteiger partial charge in [-0.05, 0) is 79.1 Å². The van der Waals surface area contributed by atoms with Gasteiger partial charge in [-0.25, -0.2) is 9.69 Å². The molecule has 3 heterocycles. The summed E-state index contributed by atoms with van der Waals surface area (Å²) >= 11 is 0. The number of nitrogens with one attached hydrogen (secondary N) is 1. The van der Waals surface area contributed by atoms with E-state index in [-0.39, 0.29) is 30.2 Å². The zero-order chi connectivity index (χ0) is 45.3. The number of fused-ring (bicyclic) bond motifs is 3. The SMILES string of the molecule is CC(NC(=O)N1C(=O)C2(c3cc(C#CC4(O)CCCCCC4)ccc31)C(C(=O)O)C1C(=O)OC(c3ccccc3)C(c3ccccc3)N1C2c1ccccc1OCCO)c1ccccc1. The van der Waals surface area contributed by atoms with E-state index in [1.165, 1.54) is 0 Å². The van der Waals surface area contributed by atoms with Crippen molar-refractivity contribution in [2.75, 3.05) is 18.1 Å². The topological polar surface area (TPSA) is 166 Å². The summed E-state index contributed by atoms with van der Waals surface area (Å²) in [6.45, 7) is 1.32. The lowest BCUT2D eigenvalue weighted by Crippen LogP contribution is -2.54. The van der Waals surface area contributed by atoms with Crippen LogP contribution in [0.3, 0.4) is 0 Å². The molecule has 4 N–H and O–H groups in total. The van der Waals surface area contributed by atoms with Crippen LogP contribution in [0, 0.1) is 17.8 Å². The standard InChI is InChI=1S/C53H51N3O9/c1-34(36-17-7-4-8-18-36)54-51(62)55-41-26-25-35(27-30-52(63)28-15-2-3-16-29-52)33-40(41)53(50(55)61)43(48(58)59)45-49(60)65-46(38-21-11-6-12-22-38)44(37-19-9-5-10-20-37)56(45)47(53)39-23-13-14-24-42(39)64-32-31-57/h4-14,17-26,33-34,43-47,57,63H,2-3,15-16,28-29,31-32H2,1H3,(H,54,62)(H,58,59). The summed E-state index contributed by atoms with van der Waals surface area (Å²) in [5.74, 6) is 1.53. The van der Waals surface area contributed by atoms with Crippen LogP contribution in [0.1, 0.15) is 103 Å². The summed E-state index contributed by atoms with van der Waals surface area (Å²) in [5.41, 5.74) is -0.309. The zero-order valence-electron chi connectivity index (χ0n) is 36.0. The number of esters is 1. The Morgan fingerprint density at radius 1 is 0.831 bits per heavy atom. The van der Waals surface area contributed by atoms with Gasteiger partial charge in [0.15, 0.2) is 0 Å². The molecule has 0 radical (unpaired) electrons. The first-order valence-corrected chi connectivity index (χ1v) is 22.3. The number of morpholine rings is 1. The minimum absolute atomic E-state index is 0.126. The maximum atomic E-state index is 16.3. The highest BCUT2D eigenvalue weighted by atomic mass is 16.6. The second kappa shape index (κ2) is 18.0. The molecular weight excluding hydrogens is 823 g/mol. The predicted molar refractivity (Wildman–Crippen MR) is 241 cm³/mol. The zero-order valence-corrected chi connectivity index (χ0v) is 36.0. The number of benzene rings is 5. The Morgan fingerprint density at radius 2 is 1.46 bits per heavy atom. The molecule has 3 amide bonds. The molecule has 9 rings (SSSR count). The van der Waals surface area contributed by atoms with E-state index in [9.17, 15) is 24.9 Å². The number of cyclic esters (lactones) is 1. The Labute approximate surface area is 377 Å². The van der Waals surface area contributed by atoms with Gasteiger partial charge in [0, 0.05) is 11.1 Å². The van der Waals surface area contributed by atoms with E-state index in [1.807, 2.05) is 91.0 Å². The van der Waals surface area contributed by atoms with Crippen LogP contribution in [0.2, 0.25) is 0 Å². The minimum atomic E-state index is -2.22. The highest BCUT2D eigenvalue weighted by molar-refractivity contribution is 6.24. The van der Waals surface area contributed by atoms with Crippen molar-refractivity contribution in [3.05, 3.63) is 167 Å². The molecule has 332 valence electrons. The number of carbonyl (C=O) groups excluding carboxylic acids is 3. The molecule has 3 aliphatic heterocycles. The summed E-state index contributed by atoms with van der Waals surface area (Å²) < 4.78 is 12.6. The van der Waals surface area contributed by atoms with Crippen LogP contribution in [0.15, 0.2) is 133 Å². The van der Waals surface area contributed by atoms with Gasteiger partial charge >= 0.3 is 18.0 Å². The maximum absolute atomic E-state index is 16.3. The molecule has 5 aromatic carbocycles. The molecule has 0 aromatic heterocycles. The number of aliphatic hydroxyl groups excluding tert-OH is 1. The van der Waals surface area contributed by atoms with E-state index in [0.29, 0.717) is 35.1 Å². The van der Waals surface area contributed by atoms with Gasteiger partial charge in [0.2, 0.25) is 5.91 Å². The molecule has 7 unspecified atom stereocenters. The van der Waals surface area contributed by atoms with Crippen molar-refractivity contribution in [3.63, 3.8) is 0 Å². The molecule has 7 atom stereocenters. The van der Waals surface area contributed by atoms with Crippen molar-refractivity contribution >= 4 is 29.6 Å². The smallest absolute Gasteiger partial charge is 0.329 e. The second-order valence-electron chi connectivity index (χ2n) is 17.4. The van der Waals surface area contributed by atoms with Gasteiger partial charge in [0.1, 0.15) is 41.4 Å². The first-order chi connectivity index (χ1) is 31.6. The molecule has 1 aliphatic carbocycles. The summed E-state index contributed by atoms with van der Waals surface area (Å²) in [4.78, 5) is 63.4. The van der Waals surface area contributed by atoms with Crippen LogP contribution in [-0.4, -0.2) is 69.0 Å². The quantitative estimate of drug-likeness (QED) is 0.0655. The molecule has 12 nitrogen and oxygen atoms in total. The van der Waals surface area contributed by atoms with Crippen molar-refractivity contribution in [2.45, 2.75) is 86.7 Å². The number of rotatable bonds is 9. The van der Waals surface area contributed by atoms with Gasteiger partial charge in [0.25, 0.3) is 0 Å². The minimum Gasteiger partial charge on any atom is -0.491 e. The first-order valence-electron chi connectivity index (χ1n) is 22.3. The highest BCUT2D eigenvalue weighted by Gasteiger charge is 2.76. The summed E-state index contributed by atoms with van der Waals surface area (Å²) in [5, 5.41) is 36.3.